The molecule has 1 saturated heterocycles. The van der Waals surface area contributed by atoms with Gasteiger partial charge in [0, 0.05) is 41.5 Å². The van der Waals surface area contributed by atoms with Crippen molar-refractivity contribution < 1.29 is 9.59 Å². The van der Waals surface area contributed by atoms with Crippen molar-refractivity contribution in [2.75, 3.05) is 19.6 Å². The van der Waals surface area contributed by atoms with Crippen LogP contribution in [0.2, 0.25) is 0 Å². The van der Waals surface area contributed by atoms with Crippen molar-refractivity contribution in [1.82, 2.24) is 15.2 Å². The van der Waals surface area contributed by atoms with Crippen molar-refractivity contribution in [1.29, 1.82) is 0 Å². The monoisotopic (exact) mass is 421 g/mol. The number of nitrogens with zero attached hydrogens (tertiary/aromatic N) is 2. The number of carbonyl (C=O) groups is 2. The third-order valence-electron chi connectivity index (χ3n) is 5.73. The number of aryl methyl sites for hydroxylation is 2. The Morgan fingerprint density at radius 1 is 1.17 bits per heavy atom. The van der Waals surface area contributed by atoms with E-state index in [9.17, 15) is 9.59 Å². The maximum atomic E-state index is 13.3. The second-order valence-corrected chi connectivity index (χ2v) is 9.05. The molecular formula is C24H27N3O2S. The first-order chi connectivity index (χ1) is 14.5. The van der Waals surface area contributed by atoms with Gasteiger partial charge in [0.05, 0.1) is 11.1 Å². The molecule has 0 bridgehead atoms. The molecule has 30 heavy (non-hydrogen) atoms. The number of likely N-dealkylation sites (tertiary alicyclic amines) is 1. The fourth-order valence-corrected chi connectivity index (χ4v) is 4.78. The van der Waals surface area contributed by atoms with E-state index in [-0.39, 0.29) is 17.7 Å². The van der Waals surface area contributed by atoms with E-state index >= 15 is 0 Å². The summed E-state index contributed by atoms with van der Waals surface area (Å²) in [6, 6.07) is 12.0. The van der Waals surface area contributed by atoms with Gasteiger partial charge in [-0.05, 0) is 62.8 Å². The van der Waals surface area contributed by atoms with Crippen LogP contribution >= 0.6 is 11.3 Å². The molecule has 3 aromatic rings. The quantitative estimate of drug-likeness (QED) is 0.674. The van der Waals surface area contributed by atoms with Crippen LogP contribution in [0.25, 0.3) is 10.9 Å². The highest BCUT2D eigenvalue weighted by atomic mass is 32.1. The highest BCUT2D eigenvalue weighted by Crippen LogP contribution is 2.24. The van der Waals surface area contributed by atoms with Gasteiger partial charge in [-0.15, -0.1) is 11.3 Å². The van der Waals surface area contributed by atoms with Crippen LogP contribution in [-0.4, -0.2) is 41.3 Å². The van der Waals surface area contributed by atoms with Crippen LogP contribution in [0.1, 0.15) is 39.3 Å². The van der Waals surface area contributed by atoms with Crippen LogP contribution in [0.3, 0.4) is 0 Å². The second kappa shape index (κ2) is 8.96. The summed E-state index contributed by atoms with van der Waals surface area (Å²) in [5.41, 5.74) is 3.51. The Morgan fingerprint density at radius 2 is 1.97 bits per heavy atom. The highest BCUT2D eigenvalue weighted by Gasteiger charge is 2.28. The van der Waals surface area contributed by atoms with Crippen LogP contribution < -0.4 is 5.32 Å². The van der Waals surface area contributed by atoms with Crippen LogP contribution in [0.5, 0.6) is 0 Å². The number of thiophene rings is 1. The minimum absolute atomic E-state index is 0.0180. The Bertz CT molecular complexity index is 1050. The lowest BCUT2D eigenvalue weighted by Gasteiger charge is -2.31. The fraction of sp³-hybridized carbons (Fsp3) is 0.375. The van der Waals surface area contributed by atoms with Crippen molar-refractivity contribution in [2.45, 2.75) is 33.1 Å². The van der Waals surface area contributed by atoms with Crippen LogP contribution in [0, 0.1) is 19.8 Å². The molecule has 1 fully saturated rings. The van der Waals surface area contributed by atoms with Gasteiger partial charge in [0.1, 0.15) is 0 Å². The van der Waals surface area contributed by atoms with E-state index in [4.69, 9.17) is 0 Å². The molecule has 0 radical (unpaired) electrons. The first-order valence-corrected chi connectivity index (χ1v) is 11.4. The molecule has 0 spiro atoms. The largest absolute Gasteiger partial charge is 0.355 e. The summed E-state index contributed by atoms with van der Waals surface area (Å²) >= 11 is 1.71. The Hall–Kier alpha value is -2.73. The van der Waals surface area contributed by atoms with Crippen molar-refractivity contribution in [3.63, 3.8) is 0 Å². The molecule has 1 aromatic carbocycles. The van der Waals surface area contributed by atoms with E-state index in [0.717, 1.165) is 28.6 Å². The van der Waals surface area contributed by atoms with Gasteiger partial charge >= 0.3 is 0 Å². The fourth-order valence-electron chi connectivity index (χ4n) is 4.07. The number of aromatic nitrogens is 1. The summed E-state index contributed by atoms with van der Waals surface area (Å²) < 4.78 is 0. The Balaban J connectivity index is 1.37. The minimum Gasteiger partial charge on any atom is -0.355 e. The van der Waals surface area contributed by atoms with Gasteiger partial charge in [-0.2, -0.15) is 0 Å². The summed E-state index contributed by atoms with van der Waals surface area (Å²) in [6.45, 7) is 5.83. The summed E-state index contributed by atoms with van der Waals surface area (Å²) in [5.74, 6) is 0.127. The lowest BCUT2D eigenvalue weighted by molar-refractivity contribution is -0.126. The van der Waals surface area contributed by atoms with E-state index < -0.39 is 0 Å². The average Bonchev–Trinajstić information content (AvgIpc) is 3.26. The molecule has 6 heteroatoms. The zero-order chi connectivity index (χ0) is 21.1. The first-order valence-electron chi connectivity index (χ1n) is 10.5. The van der Waals surface area contributed by atoms with Crippen LogP contribution in [0.15, 0.2) is 41.8 Å². The highest BCUT2D eigenvalue weighted by molar-refractivity contribution is 7.09. The number of nitrogens with one attached hydrogen (secondary N) is 1. The molecule has 0 aliphatic carbocycles. The first kappa shape index (κ1) is 20.5. The van der Waals surface area contributed by atoms with Gasteiger partial charge in [0.2, 0.25) is 5.91 Å². The number of hydrogen-bond donors (Lipinski definition) is 1. The van der Waals surface area contributed by atoms with E-state index in [0.29, 0.717) is 38.0 Å². The molecule has 156 valence electrons. The van der Waals surface area contributed by atoms with Crippen molar-refractivity contribution >= 4 is 34.1 Å². The number of piperidine rings is 1. The smallest absolute Gasteiger partial charge is 0.254 e. The molecule has 4 rings (SSSR count). The van der Waals surface area contributed by atoms with Crippen molar-refractivity contribution in [3.05, 3.63) is 63.5 Å². The predicted octanol–water partition coefficient (Wildman–Crippen LogP) is 4.12. The molecule has 1 aliphatic heterocycles. The number of benzene rings is 1. The Kier molecular flexibility index (Phi) is 6.13. The maximum Gasteiger partial charge on any atom is 0.254 e. The van der Waals surface area contributed by atoms with Gasteiger partial charge < -0.3 is 10.2 Å². The van der Waals surface area contributed by atoms with E-state index in [2.05, 4.69) is 21.7 Å². The van der Waals surface area contributed by atoms with Gasteiger partial charge in [-0.3, -0.25) is 14.6 Å². The van der Waals surface area contributed by atoms with Gasteiger partial charge in [-0.1, -0.05) is 17.7 Å². The molecule has 0 saturated carbocycles. The number of pyridine rings is 1. The molecule has 5 nitrogen and oxygen atoms in total. The maximum absolute atomic E-state index is 13.3. The lowest BCUT2D eigenvalue weighted by Crippen LogP contribution is -2.43. The third-order valence-corrected chi connectivity index (χ3v) is 6.66. The number of fused-ring (bicyclic) bond motifs is 1. The lowest BCUT2D eigenvalue weighted by atomic mass is 9.95. The molecule has 1 N–H and O–H groups in total. The number of hydrogen-bond acceptors (Lipinski definition) is 4. The summed E-state index contributed by atoms with van der Waals surface area (Å²) in [7, 11) is 0. The molecule has 0 unspecified atom stereocenters. The van der Waals surface area contributed by atoms with Crippen molar-refractivity contribution in [3.8, 4) is 0 Å². The number of carbonyl (C=O) groups excluding carboxylic acids is 2. The topological polar surface area (TPSA) is 62.3 Å². The standard InChI is InChI=1S/C24H27N3O2S/c1-16-5-6-22-20(14-16)21(15-17(2)26-22)24(29)27-11-8-18(9-12-27)23(28)25-10-7-19-4-3-13-30-19/h3-6,13-15,18H,7-12H2,1-2H3,(H,25,28). The normalized spacial score (nSPS) is 14.8. The van der Waals surface area contributed by atoms with Crippen molar-refractivity contribution in [2.24, 2.45) is 5.92 Å². The molecule has 0 atom stereocenters. The average molecular weight is 422 g/mol. The minimum atomic E-state index is -0.0180. The predicted molar refractivity (Wildman–Crippen MR) is 121 cm³/mol. The number of amides is 2. The van der Waals surface area contributed by atoms with Gasteiger partial charge in [0.25, 0.3) is 5.91 Å². The second-order valence-electron chi connectivity index (χ2n) is 8.02. The molecule has 3 heterocycles. The molecular weight excluding hydrogens is 394 g/mol. The summed E-state index contributed by atoms with van der Waals surface area (Å²) in [5, 5.41) is 6.02. The van der Waals surface area contributed by atoms with E-state index in [1.54, 1.807) is 11.3 Å². The molecule has 2 aromatic heterocycles. The third kappa shape index (κ3) is 4.54. The van der Waals surface area contributed by atoms with Gasteiger partial charge in [-0.25, -0.2) is 0 Å². The Morgan fingerprint density at radius 3 is 2.70 bits per heavy atom. The summed E-state index contributed by atoms with van der Waals surface area (Å²) in [6.07, 6.45) is 2.28. The van der Waals surface area contributed by atoms with Crippen LogP contribution in [0.4, 0.5) is 0 Å². The summed E-state index contributed by atoms with van der Waals surface area (Å²) in [4.78, 5) is 33.5. The van der Waals surface area contributed by atoms with E-state index in [1.807, 2.05) is 49.1 Å². The molecule has 1 aliphatic rings. The zero-order valence-corrected chi connectivity index (χ0v) is 18.3. The van der Waals surface area contributed by atoms with Gasteiger partial charge in [0.15, 0.2) is 0 Å². The molecule has 2 amide bonds. The zero-order valence-electron chi connectivity index (χ0n) is 17.5. The van der Waals surface area contributed by atoms with E-state index in [1.165, 1.54) is 4.88 Å². The SMILES string of the molecule is Cc1ccc2nc(C)cc(C(=O)N3CCC(C(=O)NCCc4cccs4)CC3)c2c1. The van der Waals surface area contributed by atoms with Crippen LogP contribution in [-0.2, 0) is 11.2 Å². The Labute approximate surface area is 181 Å². The number of rotatable bonds is 5.